The lowest BCUT2D eigenvalue weighted by Crippen LogP contribution is -2.15. The number of nitrogens with two attached hydrogens (primary N) is 2. The number of nitrogens with zero attached hydrogens (tertiary/aromatic N) is 15. The molecule has 0 saturated carbocycles. The fourth-order valence-electron chi connectivity index (χ4n) is 5.34. The lowest BCUT2D eigenvalue weighted by atomic mass is 10.1. The Balaban J connectivity index is 1.42. The van der Waals surface area contributed by atoms with Crippen LogP contribution in [0.2, 0.25) is 0 Å². The Morgan fingerprint density at radius 1 is 0.870 bits per heavy atom. The Bertz CT molecular complexity index is 2100. The Kier molecular flexibility index (Phi) is 10.9. The lowest BCUT2D eigenvalue weighted by Gasteiger charge is -2.08. The number of aromatic nitrogens is 11. The van der Waals surface area contributed by atoms with E-state index in [1.807, 2.05) is 13.8 Å². The first-order valence-corrected chi connectivity index (χ1v) is 17.3. The number of aryl methyl sites for hydroxylation is 4. The third kappa shape index (κ3) is 7.45. The first-order chi connectivity index (χ1) is 26.0. The number of aliphatic hydroxyl groups is 1. The van der Waals surface area contributed by atoms with Crippen LogP contribution in [0.15, 0.2) is 32.9 Å². The number of methoxy groups -OCH3 is 1. The van der Waals surface area contributed by atoms with Gasteiger partial charge in [-0.3, -0.25) is 9.59 Å². The topological polar surface area (TPSA) is 288 Å². The molecule has 1 aliphatic rings. The molecule has 0 aliphatic carbocycles. The Morgan fingerprint density at radius 2 is 1.35 bits per heavy atom. The van der Waals surface area contributed by atoms with Crippen LogP contribution in [0.3, 0.4) is 0 Å². The molecule has 284 valence electrons. The second-order valence-electron chi connectivity index (χ2n) is 12.5. The standard InChI is InChI=1S/C32H41N17O5/c1-7-9-11-19-22(40-42-28-17(13-35-46(28)4)24(51)16(3)50)26(33)48(44-19)30-37-31(39-32(38-30)53-6)49-27(34)23(20(45-49)12-10-8-2)41-43-29-18(14-36-47(29)5)25(52)21-15-54-21/h13-14,16,21,50H,7-12,15,33-34H2,1-6H3. The molecular formula is C32H41N17O5. The van der Waals surface area contributed by atoms with Crippen LogP contribution in [0.4, 0.5) is 34.6 Å². The first kappa shape index (κ1) is 37.5. The molecule has 22 nitrogen and oxygen atoms in total. The zero-order chi connectivity index (χ0) is 38.7. The number of azo groups is 2. The van der Waals surface area contributed by atoms with Crippen molar-refractivity contribution in [1.29, 1.82) is 0 Å². The Morgan fingerprint density at radius 3 is 1.80 bits per heavy atom. The number of unbranched alkanes of at least 4 members (excludes halogenated alkanes) is 2. The fourth-order valence-corrected chi connectivity index (χ4v) is 5.34. The molecule has 2 unspecified atom stereocenters. The predicted octanol–water partition coefficient (Wildman–Crippen LogP) is 3.54. The molecule has 2 atom stereocenters. The van der Waals surface area contributed by atoms with Crippen LogP contribution in [-0.4, -0.2) is 96.7 Å². The van der Waals surface area contributed by atoms with E-state index in [-0.39, 0.29) is 69.5 Å². The van der Waals surface area contributed by atoms with Gasteiger partial charge < -0.3 is 26.0 Å². The molecule has 0 radical (unpaired) electrons. The maximum absolute atomic E-state index is 12.8. The Labute approximate surface area is 308 Å². The highest BCUT2D eigenvalue weighted by Gasteiger charge is 2.35. The van der Waals surface area contributed by atoms with E-state index >= 15 is 0 Å². The first-order valence-electron chi connectivity index (χ1n) is 17.3. The van der Waals surface area contributed by atoms with Crippen molar-refractivity contribution < 1.29 is 24.2 Å². The number of epoxide rings is 1. The summed E-state index contributed by atoms with van der Waals surface area (Å²) in [7, 11) is 4.64. The van der Waals surface area contributed by atoms with Gasteiger partial charge >= 0.3 is 6.01 Å². The zero-order valence-corrected chi connectivity index (χ0v) is 30.7. The van der Waals surface area contributed by atoms with Crippen LogP contribution in [0.5, 0.6) is 6.01 Å². The predicted molar refractivity (Wildman–Crippen MR) is 192 cm³/mol. The van der Waals surface area contributed by atoms with E-state index in [4.69, 9.17) is 26.0 Å². The molecule has 5 aromatic heterocycles. The van der Waals surface area contributed by atoms with E-state index in [9.17, 15) is 14.7 Å². The molecule has 1 aliphatic heterocycles. The van der Waals surface area contributed by atoms with Crippen LogP contribution in [0.25, 0.3) is 11.9 Å². The van der Waals surface area contributed by atoms with E-state index in [1.165, 1.54) is 45.2 Å². The van der Waals surface area contributed by atoms with E-state index in [0.29, 0.717) is 30.8 Å². The van der Waals surface area contributed by atoms with Crippen molar-refractivity contribution in [3.8, 4) is 17.9 Å². The molecule has 0 aromatic carbocycles. The van der Waals surface area contributed by atoms with Crippen molar-refractivity contribution in [1.82, 2.24) is 54.1 Å². The summed E-state index contributed by atoms with van der Waals surface area (Å²) in [6, 6.07) is -0.0899. The highest BCUT2D eigenvalue weighted by molar-refractivity contribution is 6.04. The number of carbonyl (C=O) groups excluding carboxylic acids is 2. The minimum absolute atomic E-state index is 0.0276. The van der Waals surface area contributed by atoms with Gasteiger partial charge in [0.15, 0.2) is 46.2 Å². The monoisotopic (exact) mass is 743 g/mol. The number of hydrogen-bond acceptors (Lipinski definition) is 18. The average Bonchev–Trinajstić information content (AvgIpc) is 3.63. The number of ketones is 2. The van der Waals surface area contributed by atoms with Gasteiger partial charge in [0.25, 0.3) is 11.9 Å². The van der Waals surface area contributed by atoms with E-state index in [0.717, 1.165) is 25.7 Å². The van der Waals surface area contributed by atoms with Gasteiger partial charge in [-0.15, -0.1) is 20.5 Å². The van der Waals surface area contributed by atoms with Crippen molar-refractivity contribution in [3.05, 3.63) is 34.9 Å². The normalized spacial score (nSPS) is 14.8. The summed E-state index contributed by atoms with van der Waals surface area (Å²) in [5.41, 5.74) is 15.2. The smallest absolute Gasteiger partial charge is 0.322 e. The molecule has 0 amide bonds. The number of nitrogen functional groups attached to an aromatic ring is 2. The van der Waals surface area contributed by atoms with Crippen molar-refractivity contribution in [2.75, 3.05) is 25.2 Å². The van der Waals surface area contributed by atoms with E-state index in [2.05, 4.69) is 50.7 Å². The lowest BCUT2D eigenvalue weighted by molar-refractivity contribution is 0.0780. The molecule has 5 N–H and O–H groups in total. The van der Waals surface area contributed by atoms with Gasteiger partial charge in [-0.2, -0.15) is 44.7 Å². The molecular weight excluding hydrogens is 702 g/mol. The van der Waals surface area contributed by atoms with Gasteiger partial charge in [-0.05, 0) is 32.6 Å². The average molecular weight is 744 g/mol. The highest BCUT2D eigenvalue weighted by atomic mass is 16.6. The van der Waals surface area contributed by atoms with Gasteiger partial charge in [-0.25, -0.2) is 9.36 Å². The van der Waals surface area contributed by atoms with Crippen molar-refractivity contribution in [3.63, 3.8) is 0 Å². The molecule has 1 saturated heterocycles. The third-order valence-electron chi connectivity index (χ3n) is 8.46. The van der Waals surface area contributed by atoms with Crippen molar-refractivity contribution in [2.24, 2.45) is 34.6 Å². The second-order valence-corrected chi connectivity index (χ2v) is 12.5. The summed E-state index contributed by atoms with van der Waals surface area (Å²) in [5, 5.41) is 45.1. The number of rotatable bonds is 17. The molecule has 6 heterocycles. The maximum atomic E-state index is 12.8. The quantitative estimate of drug-likeness (QED) is 0.0697. The molecule has 1 fully saturated rings. The van der Waals surface area contributed by atoms with Gasteiger partial charge in [-0.1, -0.05) is 26.7 Å². The number of ether oxygens (including phenoxy) is 2. The van der Waals surface area contributed by atoms with Crippen LogP contribution >= 0.6 is 0 Å². The summed E-state index contributed by atoms with van der Waals surface area (Å²) >= 11 is 0. The molecule has 5 aromatic rings. The summed E-state index contributed by atoms with van der Waals surface area (Å²) in [6.45, 7) is 5.78. The number of Topliss-reactive ketones (excluding diaryl/α,β-unsaturated/α-hetero) is 2. The summed E-state index contributed by atoms with van der Waals surface area (Å²) < 4.78 is 16.0. The van der Waals surface area contributed by atoms with E-state index in [1.54, 1.807) is 14.1 Å². The van der Waals surface area contributed by atoms with Gasteiger partial charge in [0.1, 0.15) is 12.2 Å². The fraction of sp³-hybridized carbons (Fsp3) is 0.469. The minimum atomic E-state index is -1.26. The summed E-state index contributed by atoms with van der Waals surface area (Å²) in [5.74, 6) is -0.379. The van der Waals surface area contributed by atoms with Gasteiger partial charge in [0.05, 0.1) is 48.6 Å². The second kappa shape index (κ2) is 15.8. The van der Waals surface area contributed by atoms with Crippen LogP contribution in [0, 0.1) is 0 Å². The number of carbonyl (C=O) groups is 2. The molecule has 54 heavy (non-hydrogen) atoms. The van der Waals surface area contributed by atoms with Crippen LogP contribution < -0.4 is 16.2 Å². The number of hydrogen-bond donors (Lipinski definition) is 3. The highest BCUT2D eigenvalue weighted by Crippen LogP contribution is 2.35. The summed E-state index contributed by atoms with van der Waals surface area (Å²) in [6.07, 6.45) is 5.21. The number of anilines is 2. The maximum Gasteiger partial charge on any atom is 0.322 e. The van der Waals surface area contributed by atoms with Crippen molar-refractivity contribution in [2.45, 2.75) is 71.5 Å². The minimum Gasteiger partial charge on any atom is -0.467 e. The van der Waals surface area contributed by atoms with Crippen LogP contribution in [-0.2, 0) is 31.7 Å². The van der Waals surface area contributed by atoms with Crippen molar-refractivity contribution >= 4 is 46.2 Å². The molecule has 6 rings (SSSR count). The molecule has 0 spiro atoms. The van der Waals surface area contributed by atoms with Crippen LogP contribution in [0.1, 0.15) is 78.6 Å². The Hall–Kier alpha value is -6.29. The largest absolute Gasteiger partial charge is 0.467 e. The third-order valence-corrected chi connectivity index (χ3v) is 8.46. The van der Waals surface area contributed by atoms with E-state index < -0.39 is 18.0 Å². The molecule has 0 bridgehead atoms. The molecule has 22 heteroatoms. The number of aliphatic hydroxyl groups excluding tert-OH is 1. The summed E-state index contributed by atoms with van der Waals surface area (Å²) in [4.78, 5) is 38.8. The SMILES string of the molecule is CCCCc1nn(-c2nc(OC)nc(-n3nc(CCCC)c(N=Nc4c(C(=O)C5CO5)cnn4C)c3N)n2)c(N)c1N=Nc1c(C(=O)C(C)O)cnn1C. The van der Waals surface area contributed by atoms with Gasteiger partial charge in [0.2, 0.25) is 0 Å². The zero-order valence-electron chi connectivity index (χ0n) is 30.7. The van der Waals surface area contributed by atoms with Gasteiger partial charge in [0, 0.05) is 14.1 Å².